The standard InChI is InChI=1S/C12H16FN5O2/c1-19-6-7-20-5-4-18-12(15-16-17-18)9-2-3-11(14)10(13)8-9/h2-3,8H,4-7,14H2,1H3. The number of nitrogen functional groups attached to an aromatic ring is 1. The number of halogens is 1. The van der Waals surface area contributed by atoms with Crippen molar-refractivity contribution in [3.05, 3.63) is 24.0 Å². The maximum atomic E-state index is 13.5. The van der Waals surface area contributed by atoms with Gasteiger partial charge in [-0.05, 0) is 28.6 Å². The molecular formula is C12H16FN5O2. The Hall–Kier alpha value is -2.06. The number of tetrazole rings is 1. The van der Waals surface area contributed by atoms with Crippen molar-refractivity contribution in [3.63, 3.8) is 0 Å². The quantitative estimate of drug-likeness (QED) is 0.594. The number of hydrogen-bond acceptors (Lipinski definition) is 6. The Balaban J connectivity index is 2.02. The number of anilines is 1. The topological polar surface area (TPSA) is 88.1 Å². The molecule has 0 amide bonds. The molecule has 0 saturated carbocycles. The Morgan fingerprint density at radius 3 is 2.90 bits per heavy atom. The number of aromatic nitrogens is 4. The minimum Gasteiger partial charge on any atom is -0.396 e. The van der Waals surface area contributed by atoms with Crippen LogP contribution in [-0.4, -0.2) is 47.1 Å². The second kappa shape index (κ2) is 6.92. The fourth-order valence-corrected chi connectivity index (χ4v) is 1.62. The Kier molecular flexibility index (Phi) is 4.97. The van der Waals surface area contributed by atoms with E-state index in [0.717, 1.165) is 0 Å². The van der Waals surface area contributed by atoms with Crippen LogP contribution in [0.25, 0.3) is 11.4 Å². The van der Waals surface area contributed by atoms with Gasteiger partial charge in [0.1, 0.15) is 5.82 Å². The summed E-state index contributed by atoms with van der Waals surface area (Å²) in [6.07, 6.45) is 0. The van der Waals surface area contributed by atoms with Crippen LogP contribution in [0, 0.1) is 5.82 Å². The van der Waals surface area contributed by atoms with Crippen LogP contribution in [0.5, 0.6) is 0 Å². The van der Waals surface area contributed by atoms with Gasteiger partial charge in [-0.1, -0.05) is 0 Å². The van der Waals surface area contributed by atoms with Crippen molar-refractivity contribution in [2.45, 2.75) is 6.54 Å². The van der Waals surface area contributed by atoms with E-state index in [1.165, 1.54) is 12.1 Å². The first-order valence-corrected chi connectivity index (χ1v) is 6.10. The molecule has 2 aromatic rings. The van der Waals surface area contributed by atoms with Gasteiger partial charge < -0.3 is 15.2 Å². The molecule has 0 aliphatic carbocycles. The molecule has 0 radical (unpaired) electrons. The van der Waals surface area contributed by atoms with E-state index >= 15 is 0 Å². The van der Waals surface area contributed by atoms with Crippen LogP contribution in [-0.2, 0) is 16.0 Å². The summed E-state index contributed by atoms with van der Waals surface area (Å²) in [5.41, 5.74) is 6.10. The largest absolute Gasteiger partial charge is 0.396 e. The van der Waals surface area contributed by atoms with E-state index in [2.05, 4.69) is 15.5 Å². The summed E-state index contributed by atoms with van der Waals surface area (Å²) in [7, 11) is 1.61. The van der Waals surface area contributed by atoms with Crippen LogP contribution in [0.3, 0.4) is 0 Å². The van der Waals surface area contributed by atoms with Crippen molar-refractivity contribution in [1.29, 1.82) is 0 Å². The molecule has 0 atom stereocenters. The molecule has 7 nitrogen and oxygen atoms in total. The third-order valence-electron chi connectivity index (χ3n) is 2.67. The fraction of sp³-hybridized carbons (Fsp3) is 0.417. The van der Waals surface area contributed by atoms with Gasteiger partial charge in [-0.15, -0.1) is 5.10 Å². The number of nitrogens with zero attached hydrogens (tertiary/aromatic N) is 4. The first-order chi connectivity index (χ1) is 9.72. The molecule has 2 rings (SSSR count). The van der Waals surface area contributed by atoms with E-state index in [1.54, 1.807) is 17.9 Å². The number of nitrogens with two attached hydrogens (primary N) is 1. The number of methoxy groups -OCH3 is 1. The summed E-state index contributed by atoms with van der Waals surface area (Å²) in [6.45, 7) is 1.95. The maximum absolute atomic E-state index is 13.5. The molecule has 1 aromatic heterocycles. The molecule has 0 aliphatic heterocycles. The molecule has 0 saturated heterocycles. The summed E-state index contributed by atoms with van der Waals surface area (Å²) in [6, 6.07) is 4.47. The highest BCUT2D eigenvalue weighted by Crippen LogP contribution is 2.20. The highest BCUT2D eigenvalue weighted by atomic mass is 19.1. The van der Waals surface area contributed by atoms with Crippen LogP contribution < -0.4 is 5.73 Å². The van der Waals surface area contributed by atoms with Gasteiger partial charge in [0.15, 0.2) is 5.82 Å². The van der Waals surface area contributed by atoms with Crippen molar-refractivity contribution in [3.8, 4) is 11.4 Å². The van der Waals surface area contributed by atoms with Crippen molar-refractivity contribution in [2.24, 2.45) is 0 Å². The summed E-state index contributed by atoms with van der Waals surface area (Å²) >= 11 is 0. The van der Waals surface area contributed by atoms with Crippen molar-refractivity contribution in [2.75, 3.05) is 32.7 Å². The van der Waals surface area contributed by atoms with Gasteiger partial charge >= 0.3 is 0 Å². The van der Waals surface area contributed by atoms with Gasteiger partial charge in [0.2, 0.25) is 0 Å². The van der Waals surface area contributed by atoms with Gasteiger partial charge in [-0.3, -0.25) is 0 Å². The lowest BCUT2D eigenvalue weighted by atomic mass is 10.2. The summed E-state index contributed by atoms with van der Waals surface area (Å²) in [4.78, 5) is 0. The van der Waals surface area contributed by atoms with Crippen molar-refractivity contribution < 1.29 is 13.9 Å². The van der Waals surface area contributed by atoms with Crippen LogP contribution in [0.4, 0.5) is 10.1 Å². The van der Waals surface area contributed by atoms with E-state index in [-0.39, 0.29) is 5.69 Å². The van der Waals surface area contributed by atoms with Crippen molar-refractivity contribution in [1.82, 2.24) is 20.2 Å². The maximum Gasteiger partial charge on any atom is 0.182 e. The predicted octanol–water partition coefficient (Wildman–Crippen LogP) is 0.724. The van der Waals surface area contributed by atoms with E-state index < -0.39 is 5.82 Å². The Bertz CT molecular complexity index is 561. The van der Waals surface area contributed by atoms with Crippen LogP contribution >= 0.6 is 0 Å². The zero-order valence-corrected chi connectivity index (χ0v) is 11.1. The second-order valence-electron chi connectivity index (χ2n) is 4.07. The van der Waals surface area contributed by atoms with Crippen LogP contribution in [0.1, 0.15) is 0 Å². The molecule has 108 valence electrons. The highest BCUT2D eigenvalue weighted by molar-refractivity contribution is 5.58. The molecule has 0 unspecified atom stereocenters. The zero-order valence-electron chi connectivity index (χ0n) is 11.1. The molecule has 1 heterocycles. The van der Waals surface area contributed by atoms with Gasteiger partial charge in [0.05, 0.1) is 32.1 Å². The minimum absolute atomic E-state index is 0.0932. The third-order valence-corrected chi connectivity index (χ3v) is 2.67. The number of benzene rings is 1. The predicted molar refractivity (Wildman–Crippen MR) is 70.3 cm³/mol. The molecule has 0 spiro atoms. The summed E-state index contributed by atoms with van der Waals surface area (Å²) in [5.74, 6) is -0.0207. The average Bonchev–Trinajstić information content (AvgIpc) is 2.90. The van der Waals surface area contributed by atoms with Crippen LogP contribution in [0.15, 0.2) is 18.2 Å². The molecule has 20 heavy (non-hydrogen) atoms. The lowest BCUT2D eigenvalue weighted by molar-refractivity contribution is 0.0654. The summed E-state index contributed by atoms with van der Waals surface area (Å²) < 4.78 is 25.2. The first-order valence-electron chi connectivity index (χ1n) is 6.10. The average molecular weight is 281 g/mol. The van der Waals surface area contributed by atoms with Gasteiger partial charge in [-0.2, -0.15) is 0 Å². The zero-order chi connectivity index (χ0) is 14.4. The van der Waals surface area contributed by atoms with Gasteiger partial charge in [0, 0.05) is 12.7 Å². The second-order valence-corrected chi connectivity index (χ2v) is 4.07. The molecule has 2 N–H and O–H groups in total. The Morgan fingerprint density at radius 1 is 1.30 bits per heavy atom. The van der Waals surface area contributed by atoms with Gasteiger partial charge in [-0.25, -0.2) is 9.07 Å². The van der Waals surface area contributed by atoms with E-state index in [9.17, 15) is 4.39 Å². The summed E-state index contributed by atoms with van der Waals surface area (Å²) in [5, 5.41) is 11.3. The Labute approximate surface area is 115 Å². The fourth-order valence-electron chi connectivity index (χ4n) is 1.62. The molecule has 0 bridgehead atoms. The number of hydrogen-bond donors (Lipinski definition) is 1. The molecule has 0 fully saturated rings. The smallest absolute Gasteiger partial charge is 0.182 e. The molecular weight excluding hydrogens is 265 g/mol. The normalized spacial score (nSPS) is 10.9. The first kappa shape index (κ1) is 14.4. The highest BCUT2D eigenvalue weighted by Gasteiger charge is 2.10. The lowest BCUT2D eigenvalue weighted by Crippen LogP contribution is -2.11. The monoisotopic (exact) mass is 281 g/mol. The molecule has 8 heteroatoms. The SMILES string of the molecule is COCCOCCn1nnnc1-c1ccc(N)c(F)c1. The number of rotatable bonds is 7. The van der Waals surface area contributed by atoms with Gasteiger partial charge in [0.25, 0.3) is 0 Å². The molecule has 0 aliphatic rings. The van der Waals surface area contributed by atoms with Crippen molar-refractivity contribution >= 4 is 5.69 Å². The van der Waals surface area contributed by atoms with E-state index in [0.29, 0.717) is 37.8 Å². The van der Waals surface area contributed by atoms with Crippen LogP contribution in [0.2, 0.25) is 0 Å². The molecule has 1 aromatic carbocycles. The van der Waals surface area contributed by atoms with E-state index in [4.69, 9.17) is 15.2 Å². The third kappa shape index (κ3) is 3.49. The van der Waals surface area contributed by atoms with E-state index in [1.807, 2.05) is 0 Å². The lowest BCUT2D eigenvalue weighted by Gasteiger charge is -2.06. The Morgan fingerprint density at radius 2 is 2.15 bits per heavy atom. The minimum atomic E-state index is -0.492. The number of ether oxygens (including phenoxy) is 2.